The summed E-state index contributed by atoms with van der Waals surface area (Å²) in [6.07, 6.45) is 8.41. The maximum atomic E-state index is 15.5. The van der Waals surface area contributed by atoms with E-state index in [0.717, 1.165) is 53.2 Å². The highest BCUT2D eigenvalue weighted by Crippen LogP contribution is 2.62. The normalized spacial score (nSPS) is 22.1. The molecule has 1 fully saturated rings. The van der Waals surface area contributed by atoms with Crippen LogP contribution in [-0.4, -0.2) is 69.9 Å². The van der Waals surface area contributed by atoms with Crippen LogP contribution in [0.4, 0.5) is 5.69 Å². The molecule has 0 spiro atoms. The predicted molar refractivity (Wildman–Crippen MR) is 255 cm³/mol. The van der Waals surface area contributed by atoms with Gasteiger partial charge in [-0.3, -0.25) is 14.9 Å². The molecule has 2 N–H and O–H groups in total. The molecule has 6 atom stereocenters. The second kappa shape index (κ2) is 21.2. The van der Waals surface area contributed by atoms with Gasteiger partial charge in [-0.05, 0) is 115 Å². The SMILES string of the molecule is C=CCO[C@@]12Oc3ccc(Oc4cccc([N+](=O)[O-])c4)cc3[C@H]3[C@H](CCCCO)[C@@H](CCCCO)C=C(C(=NOCC)C[C@@H]1N(Cc1cccc4ccccc14)C(=O)c1ccc(C#N)cc1)[C@H]32. The lowest BCUT2D eigenvalue weighted by Gasteiger charge is -2.60. The van der Waals surface area contributed by atoms with Gasteiger partial charge in [-0.2, -0.15) is 5.26 Å². The third kappa shape index (κ3) is 9.70. The Morgan fingerprint density at radius 3 is 2.46 bits per heavy atom. The fourth-order valence-corrected chi connectivity index (χ4v) is 10.4. The predicted octanol–water partition coefficient (Wildman–Crippen LogP) is 10.4. The number of unbranched alkanes of at least 4 members (excludes halogenated alkanes) is 2. The van der Waals surface area contributed by atoms with E-state index in [0.29, 0.717) is 53.5 Å². The van der Waals surface area contributed by atoms with Crippen molar-refractivity contribution in [3.05, 3.63) is 166 Å². The maximum absolute atomic E-state index is 15.5. The van der Waals surface area contributed by atoms with Gasteiger partial charge in [0.2, 0.25) is 5.79 Å². The molecule has 13 nitrogen and oxygen atoms in total. The van der Waals surface area contributed by atoms with Gasteiger partial charge in [0.15, 0.2) is 0 Å². The number of nitro groups is 1. The van der Waals surface area contributed by atoms with Crippen molar-refractivity contribution >= 4 is 28.1 Å². The van der Waals surface area contributed by atoms with E-state index in [4.69, 9.17) is 24.2 Å². The number of carbonyl (C=O) groups excluding carboxylic acids is 1. The third-order valence-electron chi connectivity index (χ3n) is 13.3. The minimum atomic E-state index is -1.54. The van der Waals surface area contributed by atoms with Crippen LogP contribution in [0.15, 0.2) is 139 Å². The van der Waals surface area contributed by atoms with Gasteiger partial charge in [0, 0.05) is 49.3 Å². The molecule has 8 rings (SSSR count). The molecule has 3 aliphatic rings. The summed E-state index contributed by atoms with van der Waals surface area (Å²) in [5.41, 5.74) is 4.01. The van der Waals surface area contributed by atoms with Crippen LogP contribution in [0.25, 0.3) is 10.8 Å². The number of allylic oxidation sites excluding steroid dienone is 1. The van der Waals surface area contributed by atoms with Gasteiger partial charge >= 0.3 is 0 Å². The van der Waals surface area contributed by atoms with Crippen LogP contribution >= 0.6 is 0 Å². The second-order valence-corrected chi connectivity index (χ2v) is 17.3. The monoisotopic (exact) mass is 904 g/mol. The molecule has 0 saturated heterocycles. The van der Waals surface area contributed by atoms with Crippen molar-refractivity contribution < 1.29 is 39.0 Å². The summed E-state index contributed by atoms with van der Waals surface area (Å²) in [5.74, 6) is -1.51. The number of fused-ring (bicyclic) bond motifs is 3. The number of carbonyl (C=O) groups is 1. The zero-order chi connectivity index (χ0) is 46.9. The van der Waals surface area contributed by atoms with Gasteiger partial charge in [-0.15, -0.1) is 6.58 Å². The Hall–Kier alpha value is -6.85. The first-order valence-corrected chi connectivity index (χ1v) is 23.1. The Morgan fingerprint density at radius 1 is 0.970 bits per heavy atom. The first-order chi connectivity index (χ1) is 32.7. The van der Waals surface area contributed by atoms with Crippen LogP contribution in [-0.2, 0) is 16.1 Å². The van der Waals surface area contributed by atoms with E-state index >= 15 is 4.79 Å². The smallest absolute Gasteiger partial charge is 0.273 e. The number of nitriles is 1. The molecule has 5 aromatic carbocycles. The van der Waals surface area contributed by atoms with Gasteiger partial charge in [0.25, 0.3) is 11.6 Å². The van der Waals surface area contributed by atoms with Crippen molar-refractivity contribution in [2.75, 3.05) is 26.4 Å². The number of benzene rings is 5. The Kier molecular flexibility index (Phi) is 14.8. The van der Waals surface area contributed by atoms with Crippen molar-refractivity contribution in [3.8, 4) is 23.3 Å². The largest absolute Gasteiger partial charge is 0.459 e. The highest BCUT2D eigenvalue weighted by atomic mass is 16.7. The van der Waals surface area contributed by atoms with Gasteiger partial charge in [0.1, 0.15) is 29.9 Å². The van der Waals surface area contributed by atoms with Gasteiger partial charge in [-0.1, -0.05) is 78.7 Å². The molecule has 1 heterocycles. The molecule has 5 aromatic rings. The first kappa shape index (κ1) is 46.7. The minimum absolute atomic E-state index is 0.00124. The topological polar surface area (TPSA) is 177 Å². The summed E-state index contributed by atoms with van der Waals surface area (Å²) < 4.78 is 21.0. The Labute approximate surface area is 390 Å². The van der Waals surface area contributed by atoms with E-state index in [1.807, 2.05) is 60.4 Å². The molecule has 2 aliphatic carbocycles. The fourth-order valence-electron chi connectivity index (χ4n) is 10.4. The summed E-state index contributed by atoms with van der Waals surface area (Å²) in [6.45, 7) is 6.59. The quantitative estimate of drug-likeness (QED) is 0.0331. The molecule has 0 aromatic heterocycles. The molecule has 346 valence electrons. The van der Waals surface area contributed by atoms with Gasteiger partial charge in [-0.25, -0.2) is 0 Å². The van der Waals surface area contributed by atoms with E-state index < -0.39 is 22.7 Å². The van der Waals surface area contributed by atoms with Crippen molar-refractivity contribution in [2.45, 2.75) is 76.2 Å². The van der Waals surface area contributed by atoms with Gasteiger partial charge in [0.05, 0.1) is 40.9 Å². The first-order valence-electron chi connectivity index (χ1n) is 23.1. The lowest BCUT2D eigenvalue weighted by Crippen LogP contribution is -2.70. The molecule has 1 aliphatic heterocycles. The number of hydrogen-bond acceptors (Lipinski definition) is 11. The van der Waals surface area contributed by atoms with E-state index in [1.54, 1.807) is 48.5 Å². The number of oxime groups is 1. The molecular weight excluding hydrogens is 849 g/mol. The standard InChI is InChI=1S/C54H56N4O9/c1-3-29-64-54-50(57(53(61)38-23-21-36(34-55)22-24-38)35-40-16-11-15-37-13-5-6-19-44(37)40)33-48(56-65-4-2)46-30-39(14-7-9-27-59)45(20-8-10-28-60)51(52(46)54)47-32-43(25-26-49(47)67-54)66-42-18-12-17-41(31-42)58(62)63/h3,5-6,11-13,15-19,21-26,30-32,39,45,50-52,59-60H,1,4,7-10,14,20,27-29,33,35H2,2H3/t39-,45+,50-,51+,52+,54+/m0/s1. The number of aliphatic hydroxyl groups is 2. The number of nitro benzene ring substituents is 1. The highest BCUT2D eigenvalue weighted by molar-refractivity contribution is 6.03. The highest BCUT2D eigenvalue weighted by Gasteiger charge is 2.65. The molecule has 67 heavy (non-hydrogen) atoms. The maximum Gasteiger partial charge on any atom is 0.273 e. The number of nitrogens with zero attached hydrogens (tertiary/aromatic N) is 4. The van der Waals surface area contributed by atoms with Crippen LogP contribution < -0.4 is 9.47 Å². The summed E-state index contributed by atoms with van der Waals surface area (Å²) in [6, 6.07) is 33.7. The number of amides is 1. The Balaban J connectivity index is 1.37. The molecule has 0 bridgehead atoms. The lowest BCUT2D eigenvalue weighted by atomic mass is 9.55. The number of non-ortho nitro benzene ring substituents is 1. The van der Waals surface area contributed by atoms with Crippen molar-refractivity contribution in [2.24, 2.45) is 22.9 Å². The Bertz CT molecular complexity index is 2690. The summed E-state index contributed by atoms with van der Waals surface area (Å²) in [5, 5.41) is 48.3. The molecule has 1 amide bonds. The number of ether oxygens (including phenoxy) is 3. The molecular formula is C54H56N4O9. The van der Waals surface area contributed by atoms with Crippen molar-refractivity contribution in [1.82, 2.24) is 4.90 Å². The Morgan fingerprint density at radius 2 is 1.72 bits per heavy atom. The number of aliphatic hydroxyl groups excluding tert-OH is 2. The minimum Gasteiger partial charge on any atom is -0.459 e. The van der Waals surface area contributed by atoms with E-state index in [-0.39, 0.29) is 62.1 Å². The molecule has 0 unspecified atom stereocenters. The van der Waals surface area contributed by atoms with E-state index in [2.05, 4.69) is 24.8 Å². The van der Waals surface area contributed by atoms with E-state index in [9.17, 15) is 25.6 Å². The third-order valence-corrected chi connectivity index (χ3v) is 13.3. The fraction of sp³-hybridized carbons (Fsp3) is 0.352. The number of rotatable bonds is 20. The molecule has 13 heteroatoms. The summed E-state index contributed by atoms with van der Waals surface area (Å²) >= 11 is 0. The average molecular weight is 905 g/mol. The van der Waals surface area contributed by atoms with Crippen LogP contribution in [0.5, 0.6) is 17.2 Å². The van der Waals surface area contributed by atoms with Crippen LogP contribution in [0, 0.1) is 39.2 Å². The van der Waals surface area contributed by atoms with Crippen LogP contribution in [0.1, 0.15) is 84.8 Å². The molecule has 1 saturated carbocycles. The van der Waals surface area contributed by atoms with E-state index in [1.165, 1.54) is 12.1 Å². The second-order valence-electron chi connectivity index (χ2n) is 17.3. The average Bonchev–Trinajstić information content (AvgIpc) is 3.35. The van der Waals surface area contributed by atoms with Crippen LogP contribution in [0.2, 0.25) is 0 Å². The van der Waals surface area contributed by atoms with Crippen molar-refractivity contribution in [3.63, 3.8) is 0 Å². The van der Waals surface area contributed by atoms with Gasteiger partial charge < -0.3 is 34.2 Å². The molecule has 0 radical (unpaired) electrons. The van der Waals surface area contributed by atoms with Crippen molar-refractivity contribution in [1.29, 1.82) is 5.26 Å². The summed E-state index contributed by atoms with van der Waals surface area (Å²) in [4.78, 5) is 34.6. The zero-order valence-corrected chi connectivity index (χ0v) is 37.7. The van der Waals surface area contributed by atoms with Crippen LogP contribution in [0.3, 0.4) is 0 Å². The number of hydrogen-bond donors (Lipinski definition) is 2. The zero-order valence-electron chi connectivity index (χ0n) is 37.7. The lowest BCUT2D eigenvalue weighted by molar-refractivity contribution is -0.384. The summed E-state index contributed by atoms with van der Waals surface area (Å²) in [7, 11) is 0.